The summed E-state index contributed by atoms with van der Waals surface area (Å²) >= 11 is 0. The Labute approximate surface area is 168 Å². The lowest BCUT2D eigenvalue weighted by Crippen LogP contribution is -2.32. The van der Waals surface area contributed by atoms with Crippen LogP contribution in [0.1, 0.15) is 15.9 Å². The molecule has 0 saturated heterocycles. The quantitative estimate of drug-likeness (QED) is 0.397. The predicted octanol–water partition coefficient (Wildman–Crippen LogP) is 3.87. The molecule has 5 nitrogen and oxygen atoms in total. The van der Waals surface area contributed by atoms with Crippen LogP contribution in [0, 0.1) is 0 Å². The zero-order chi connectivity index (χ0) is 20.6. The van der Waals surface area contributed by atoms with Crippen molar-refractivity contribution in [2.24, 2.45) is 0 Å². The number of Topliss-reactive ketones (excluding diaryl/α,β-unsaturated/α-hetero) is 1. The highest BCUT2D eigenvalue weighted by Gasteiger charge is 2.23. The van der Waals surface area contributed by atoms with Gasteiger partial charge < -0.3 is 10.1 Å². The number of rotatable bonds is 6. The van der Waals surface area contributed by atoms with Gasteiger partial charge in [-0.2, -0.15) is 0 Å². The van der Waals surface area contributed by atoms with Crippen molar-refractivity contribution in [3.8, 4) is 11.1 Å². The van der Waals surface area contributed by atoms with Gasteiger partial charge in [0, 0.05) is 5.56 Å². The van der Waals surface area contributed by atoms with E-state index in [0.29, 0.717) is 11.1 Å². The summed E-state index contributed by atoms with van der Waals surface area (Å²) < 4.78 is 4.53. The zero-order valence-electron chi connectivity index (χ0n) is 15.8. The van der Waals surface area contributed by atoms with Gasteiger partial charge in [-0.1, -0.05) is 78.9 Å². The van der Waals surface area contributed by atoms with Crippen molar-refractivity contribution < 1.29 is 19.1 Å². The molecule has 0 aliphatic rings. The summed E-state index contributed by atoms with van der Waals surface area (Å²) in [7, 11) is 1.12. The van der Waals surface area contributed by atoms with Crippen molar-refractivity contribution in [1.82, 2.24) is 5.32 Å². The normalized spacial score (nSPS) is 10.9. The molecule has 0 bridgehead atoms. The molecule has 0 spiro atoms. The Morgan fingerprint density at radius 2 is 1.38 bits per heavy atom. The second-order valence-electron chi connectivity index (χ2n) is 6.16. The van der Waals surface area contributed by atoms with Crippen LogP contribution in [0.15, 0.2) is 90.6 Å². The number of carbonyl (C=O) groups is 3. The van der Waals surface area contributed by atoms with Crippen LogP contribution in [0.2, 0.25) is 0 Å². The van der Waals surface area contributed by atoms with Gasteiger partial charge in [0.15, 0.2) is 0 Å². The number of esters is 1. The molecule has 29 heavy (non-hydrogen) atoms. The maximum Gasteiger partial charge on any atom is 0.380 e. The van der Waals surface area contributed by atoms with E-state index in [1.165, 1.54) is 6.08 Å². The van der Waals surface area contributed by atoms with Gasteiger partial charge >= 0.3 is 5.97 Å². The molecule has 0 radical (unpaired) electrons. The third-order valence-corrected chi connectivity index (χ3v) is 4.23. The topological polar surface area (TPSA) is 72.5 Å². The van der Waals surface area contributed by atoms with E-state index >= 15 is 0 Å². The summed E-state index contributed by atoms with van der Waals surface area (Å²) in [5.41, 5.74) is 2.48. The second-order valence-corrected chi connectivity index (χ2v) is 6.16. The van der Waals surface area contributed by atoms with Gasteiger partial charge in [-0.3, -0.25) is 9.59 Å². The number of hydrogen-bond acceptors (Lipinski definition) is 4. The van der Waals surface area contributed by atoms with E-state index in [-0.39, 0.29) is 5.70 Å². The average Bonchev–Trinajstić information content (AvgIpc) is 2.78. The highest BCUT2D eigenvalue weighted by molar-refractivity contribution is 6.41. The Balaban J connectivity index is 1.97. The van der Waals surface area contributed by atoms with Gasteiger partial charge in [-0.05, 0) is 28.8 Å². The molecule has 0 heterocycles. The molecule has 0 saturated carbocycles. The fraction of sp³-hybridized carbons (Fsp3) is 0.0417. The number of nitrogens with one attached hydrogen (secondary N) is 1. The van der Waals surface area contributed by atoms with Crippen LogP contribution in [0.3, 0.4) is 0 Å². The molecule has 0 aliphatic heterocycles. The first-order valence-electron chi connectivity index (χ1n) is 8.95. The monoisotopic (exact) mass is 385 g/mol. The molecule has 1 amide bonds. The summed E-state index contributed by atoms with van der Waals surface area (Å²) in [6.07, 6.45) is 1.45. The molecule has 0 aliphatic carbocycles. The van der Waals surface area contributed by atoms with Crippen molar-refractivity contribution in [2.45, 2.75) is 0 Å². The summed E-state index contributed by atoms with van der Waals surface area (Å²) in [6.45, 7) is 0. The van der Waals surface area contributed by atoms with Crippen LogP contribution in [0.5, 0.6) is 0 Å². The summed E-state index contributed by atoms with van der Waals surface area (Å²) in [6, 6.07) is 25.4. The SMILES string of the molecule is COC(=O)C(=O)/C(=C\c1ccccc1)NC(=O)c1ccccc1-c1ccccc1. The number of ketones is 1. The summed E-state index contributed by atoms with van der Waals surface area (Å²) in [4.78, 5) is 37.2. The van der Waals surface area contributed by atoms with Gasteiger partial charge in [0.2, 0.25) is 0 Å². The maximum absolute atomic E-state index is 13.0. The van der Waals surface area contributed by atoms with E-state index in [2.05, 4.69) is 10.1 Å². The zero-order valence-corrected chi connectivity index (χ0v) is 15.8. The number of benzene rings is 3. The largest absolute Gasteiger partial charge is 0.463 e. The molecule has 0 fully saturated rings. The molecule has 3 aromatic carbocycles. The lowest BCUT2D eigenvalue weighted by atomic mass is 9.99. The van der Waals surface area contributed by atoms with Crippen LogP contribution in [-0.2, 0) is 14.3 Å². The fourth-order valence-corrected chi connectivity index (χ4v) is 2.82. The number of hydrogen-bond donors (Lipinski definition) is 1. The van der Waals surface area contributed by atoms with Crippen LogP contribution in [-0.4, -0.2) is 24.8 Å². The summed E-state index contributed by atoms with van der Waals surface area (Å²) in [5.74, 6) is -2.48. The van der Waals surface area contributed by atoms with Crippen LogP contribution in [0.4, 0.5) is 0 Å². The molecule has 3 aromatic rings. The molecule has 3 rings (SSSR count). The van der Waals surface area contributed by atoms with Gasteiger partial charge in [-0.15, -0.1) is 0 Å². The van der Waals surface area contributed by atoms with Crippen LogP contribution < -0.4 is 5.32 Å². The third-order valence-electron chi connectivity index (χ3n) is 4.23. The highest BCUT2D eigenvalue weighted by atomic mass is 16.5. The highest BCUT2D eigenvalue weighted by Crippen LogP contribution is 2.23. The molecule has 144 valence electrons. The number of carbonyl (C=O) groups excluding carboxylic acids is 3. The minimum atomic E-state index is -1.05. The number of amides is 1. The van der Waals surface area contributed by atoms with Gasteiger partial charge in [-0.25, -0.2) is 4.79 Å². The lowest BCUT2D eigenvalue weighted by Gasteiger charge is -2.12. The van der Waals surface area contributed by atoms with Gasteiger partial charge in [0.25, 0.3) is 11.7 Å². The van der Waals surface area contributed by atoms with E-state index in [4.69, 9.17) is 0 Å². The van der Waals surface area contributed by atoms with Crippen LogP contribution in [0.25, 0.3) is 17.2 Å². The van der Waals surface area contributed by atoms with E-state index in [1.54, 1.807) is 36.4 Å². The number of ether oxygens (including phenoxy) is 1. The van der Waals surface area contributed by atoms with Crippen LogP contribution >= 0.6 is 0 Å². The van der Waals surface area contributed by atoms with Crippen molar-refractivity contribution in [2.75, 3.05) is 7.11 Å². The van der Waals surface area contributed by atoms with Gasteiger partial charge in [0.1, 0.15) is 0 Å². The average molecular weight is 385 g/mol. The molecule has 0 atom stereocenters. The van der Waals surface area contributed by atoms with Crippen molar-refractivity contribution in [1.29, 1.82) is 0 Å². The van der Waals surface area contributed by atoms with Crippen molar-refractivity contribution in [3.05, 3.63) is 102 Å². The minimum Gasteiger partial charge on any atom is -0.463 e. The standard InChI is InChI=1S/C24H19NO4/c1-29-24(28)22(26)21(16-17-10-4-2-5-11-17)25-23(27)20-15-9-8-14-19(20)18-12-6-3-7-13-18/h2-16H,1H3,(H,25,27)/b21-16+. The van der Waals surface area contributed by atoms with E-state index in [1.807, 2.05) is 48.5 Å². The second kappa shape index (κ2) is 9.28. The lowest BCUT2D eigenvalue weighted by molar-refractivity contribution is -0.149. The number of methoxy groups -OCH3 is 1. The first kappa shape index (κ1) is 19.8. The molecule has 1 N–H and O–H groups in total. The Bertz CT molecular complexity index is 1060. The first-order valence-corrected chi connectivity index (χ1v) is 8.95. The molecule has 0 unspecified atom stereocenters. The smallest absolute Gasteiger partial charge is 0.380 e. The fourth-order valence-electron chi connectivity index (χ4n) is 2.82. The van der Waals surface area contributed by atoms with Gasteiger partial charge in [0.05, 0.1) is 12.8 Å². The molecule has 0 aromatic heterocycles. The minimum absolute atomic E-state index is 0.157. The Kier molecular flexibility index (Phi) is 6.32. The van der Waals surface area contributed by atoms with Crippen molar-refractivity contribution in [3.63, 3.8) is 0 Å². The molecule has 5 heteroatoms. The van der Waals surface area contributed by atoms with E-state index in [9.17, 15) is 14.4 Å². The van der Waals surface area contributed by atoms with E-state index in [0.717, 1.165) is 18.2 Å². The Morgan fingerprint density at radius 1 is 0.793 bits per heavy atom. The predicted molar refractivity (Wildman–Crippen MR) is 111 cm³/mol. The van der Waals surface area contributed by atoms with Crippen molar-refractivity contribution >= 4 is 23.7 Å². The third kappa shape index (κ3) is 4.84. The molecular weight excluding hydrogens is 366 g/mol. The Morgan fingerprint density at radius 3 is 2.03 bits per heavy atom. The maximum atomic E-state index is 13.0. The Hall–Kier alpha value is -3.99. The summed E-state index contributed by atoms with van der Waals surface area (Å²) in [5, 5.41) is 2.58. The first-order chi connectivity index (χ1) is 14.1. The van der Waals surface area contributed by atoms with E-state index < -0.39 is 17.7 Å². The molecular formula is C24H19NO4.